The molecule has 1 amide bonds. The topological polar surface area (TPSA) is 63.1 Å². The van der Waals surface area contributed by atoms with Crippen LogP contribution < -0.4 is 5.32 Å². The van der Waals surface area contributed by atoms with E-state index in [2.05, 4.69) is 22.4 Å². The Kier molecular flexibility index (Phi) is 4.62. The summed E-state index contributed by atoms with van der Waals surface area (Å²) in [5.74, 6) is 0.00278. The van der Waals surface area contributed by atoms with E-state index >= 15 is 0 Å². The predicted molar refractivity (Wildman–Crippen MR) is 118 cm³/mol. The van der Waals surface area contributed by atoms with Gasteiger partial charge in [0.15, 0.2) is 0 Å². The standard InChI is InChI=1S/C24H29N5O/c1-14-23(15(2)29(4)27-14)22-13-20(19-7-5-6-8-21(19)26-22)24(30)25-16-11-17-9-10-18(12-16)28(17)3/h5-8,13,16-18H,9-12H2,1-4H3,(H,25,30). The van der Waals surface area contributed by atoms with Gasteiger partial charge in [-0.2, -0.15) is 5.10 Å². The molecule has 2 bridgehead atoms. The molecule has 2 fully saturated rings. The first-order valence-corrected chi connectivity index (χ1v) is 10.9. The lowest BCUT2D eigenvalue weighted by atomic mass is 9.97. The number of piperidine rings is 1. The second-order valence-corrected chi connectivity index (χ2v) is 8.93. The number of aromatic nitrogens is 3. The maximum absolute atomic E-state index is 13.4. The first-order valence-electron chi connectivity index (χ1n) is 10.9. The van der Waals surface area contributed by atoms with Gasteiger partial charge < -0.3 is 10.2 Å². The van der Waals surface area contributed by atoms with E-state index in [1.54, 1.807) is 0 Å². The van der Waals surface area contributed by atoms with E-state index in [0.717, 1.165) is 46.4 Å². The molecule has 6 heteroatoms. The van der Waals surface area contributed by atoms with Gasteiger partial charge in [0, 0.05) is 41.8 Å². The lowest BCUT2D eigenvalue weighted by Gasteiger charge is -2.36. The number of amides is 1. The number of rotatable bonds is 3. The smallest absolute Gasteiger partial charge is 0.252 e. The van der Waals surface area contributed by atoms with Crippen molar-refractivity contribution in [2.45, 2.75) is 57.7 Å². The van der Waals surface area contributed by atoms with Gasteiger partial charge in [0.25, 0.3) is 5.91 Å². The van der Waals surface area contributed by atoms with Crippen LogP contribution in [0.25, 0.3) is 22.2 Å². The zero-order valence-corrected chi connectivity index (χ0v) is 18.1. The van der Waals surface area contributed by atoms with Gasteiger partial charge in [-0.05, 0) is 58.7 Å². The van der Waals surface area contributed by atoms with E-state index < -0.39 is 0 Å². The Morgan fingerprint density at radius 3 is 2.47 bits per heavy atom. The summed E-state index contributed by atoms with van der Waals surface area (Å²) in [4.78, 5) is 20.8. The van der Waals surface area contributed by atoms with E-state index in [0.29, 0.717) is 17.6 Å². The molecule has 4 heterocycles. The van der Waals surface area contributed by atoms with E-state index in [9.17, 15) is 4.79 Å². The van der Waals surface area contributed by atoms with Crippen LogP contribution in [0.5, 0.6) is 0 Å². The van der Waals surface area contributed by atoms with Crippen LogP contribution in [0.2, 0.25) is 0 Å². The van der Waals surface area contributed by atoms with Gasteiger partial charge in [-0.1, -0.05) is 18.2 Å². The third kappa shape index (κ3) is 3.10. The molecule has 5 rings (SSSR count). The first-order chi connectivity index (χ1) is 14.4. The Labute approximate surface area is 177 Å². The number of nitrogens with one attached hydrogen (secondary N) is 1. The number of carbonyl (C=O) groups is 1. The predicted octanol–water partition coefficient (Wildman–Crippen LogP) is 3.61. The van der Waals surface area contributed by atoms with Crippen LogP contribution in [0.3, 0.4) is 0 Å². The molecule has 0 aliphatic carbocycles. The lowest BCUT2D eigenvalue weighted by molar-refractivity contribution is 0.0884. The molecule has 1 N–H and O–H groups in total. The number of pyridine rings is 1. The molecule has 2 unspecified atom stereocenters. The Morgan fingerprint density at radius 2 is 1.80 bits per heavy atom. The summed E-state index contributed by atoms with van der Waals surface area (Å²) in [6.45, 7) is 4.04. The van der Waals surface area contributed by atoms with E-state index in [1.807, 2.05) is 55.9 Å². The number of fused-ring (bicyclic) bond motifs is 3. The van der Waals surface area contributed by atoms with E-state index in [1.165, 1.54) is 12.8 Å². The lowest BCUT2D eigenvalue weighted by Crippen LogP contribution is -2.48. The molecule has 0 radical (unpaired) electrons. The van der Waals surface area contributed by atoms with Crippen LogP contribution in [0, 0.1) is 13.8 Å². The molecule has 3 aromatic rings. The van der Waals surface area contributed by atoms with Crippen LogP contribution in [0.4, 0.5) is 0 Å². The van der Waals surface area contributed by atoms with Crippen LogP contribution in [-0.4, -0.2) is 50.7 Å². The summed E-state index contributed by atoms with van der Waals surface area (Å²) in [6.07, 6.45) is 4.57. The van der Waals surface area contributed by atoms with Gasteiger partial charge >= 0.3 is 0 Å². The third-order valence-electron chi connectivity index (χ3n) is 7.16. The van der Waals surface area contributed by atoms with Crippen LogP contribution in [0.15, 0.2) is 30.3 Å². The zero-order valence-electron chi connectivity index (χ0n) is 18.1. The normalized spacial score (nSPS) is 23.8. The van der Waals surface area contributed by atoms with Crippen molar-refractivity contribution in [2.75, 3.05) is 7.05 Å². The van der Waals surface area contributed by atoms with Gasteiger partial charge in [-0.15, -0.1) is 0 Å². The van der Waals surface area contributed by atoms with Crippen molar-refractivity contribution in [1.82, 2.24) is 25.0 Å². The summed E-state index contributed by atoms with van der Waals surface area (Å²) < 4.78 is 1.87. The molecular weight excluding hydrogens is 374 g/mol. The van der Waals surface area contributed by atoms with Crippen LogP contribution in [-0.2, 0) is 7.05 Å². The second-order valence-electron chi connectivity index (χ2n) is 8.93. The largest absolute Gasteiger partial charge is 0.349 e. The summed E-state index contributed by atoms with van der Waals surface area (Å²) in [6, 6.07) is 11.3. The highest BCUT2D eigenvalue weighted by molar-refractivity contribution is 6.07. The molecular formula is C24H29N5O. The number of hydrogen-bond acceptors (Lipinski definition) is 4. The van der Waals surface area contributed by atoms with Gasteiger partial charge in [-0.25, -0.2) is 4.98 Å². The van der Waals surface area contributed by atoms with Crippen molar-refractivity contribution in [3.63, 3.8) is 0 Å². The molecule has 0 saturated carbocycles. The minimum atomic E-state index is 0.00278. The average molecular weight is 404 g/mol. The van der Waals surface area contributed by atoms with Crippen molar-refractivity contribution in [3.05, 3.63) is 47.3 Å². The molecule has 2 atom stereocenters. The van der Waals surface area contributed by atoms with Gasteiger partial charge in [0.1, 0.15) is 0 Å². The first kappa shape index (κ1) is 19.2. The second kappa shape index (κ2) is 7.20. The molecule has 2 aliphatic rings. The number of hydrogen-bond donors (Lipinski definition) is 1. The Bertz CT molecular complexity index is 1120. The number of para-hydroxylation sites is 1. The molecule has 6 nitrogen and oxygen atoms in total. The molecule has 0 spiro atoms. The van der Waals surface area contributed by atoms with Gasteiger partial charge in [-0.3, -0.25) is 9.48 Å². The number of nitrogens with zero attached hydrogens (tertiary/aromatic N) is 4. The van der Waals surface area contributed by atoms with Crippen molar-refractivity contribution < 1.29 is 4.79 Å². The maximum atomic E-state index is 13.4. The monoisotopic (exact) mass is 403 g/mol. The Hall–Kier alpha value is -2.73. The summed E-state index contributed by atoms with van der Waals surface area (Å²) in [5.41, 5.74) is 5.33. The minimum absolute atomic E-state index is 0.00278. The van der Waals surface area contributed by atoms with Crippen molar-refractivity contribution in [3.8, 4) is 11.3 Å². The van der Waals surface area contributed by atoms with Crippen molar-refractivity contribution in [2.24, 2.45) is 7.05 Å². The third-order valence-corrected chi connectivity index (χ3v) is 7.16. The van der Waals surface area contributed by atoms with Gasteiger partial charge in [0.05, 0.1) is 22.5 Å². The quantitative estimate of drug-likeness (QED) is 0.726. The molecule has 156 valence electrons. The number of aryl methyl sites for hydroxylation is 2. The Morgan fingerprint density at radius 1 is 1.10 bits per heavy atom. The van der Waals surface area contributed by atoms with E-state index in [4.69, 9.17) is 4.98 Å². The minimum Gasteiger partial charge on any atom is -0.349 e. The highest BCUT2D eigenvalue weighted by atomic mass is 16.1. The fraction of sp³-hybridized carbons (Fsp3) is 0.458. The maximum Gasteiger partial charge on any atom is 0.252 e. The summed E-state index contributed by atoms with van der Waals surface area (Å²) >= 11 is 0. The highest BCUT2D eigenvalue weighted by Crippen LogP contribution is 2.35. The van der Waals surface area contributed by atoms with Crippen molar-refractivity contribution >= 4 is 16.8 Å². The molecule has 2 saturated heterocycles. The number of carbonyl (C=O) groups excluding carboxylic acids is 1. The average Bonchev–Trinajstić information content (AvgIpc) is 3.08. The number of benzene rings is 1. The molecule has 1 aromatic carbocycles. The molecule has 2 aliphatic heterocycles. The summed E-state index contributed by atoms with van der Waals surface area (Å²) in [5, 5.41) is 8.78. The summed E-state index contributed by atoms with van der Waals surface area (Å²) in [7, 11) is 4.16. The SMILES string of the molecule is Cc1nn(C)c(C)c1-c1cc(C(=O)NC2CC3CCC(C2)N3C)c2ccccc2n1. The fourth-order valence-electron chi connectivity index (χ4n) is 5.43. The Balaban J connectivity index is 1.52. The van der Waals surface area contributed by atoms with Gasteiger partial charge in [0.2, 0.25) is 0 Å². The highest BCUT2D eigenvalue weighted by Gasteiger charge is 2.39. The fourth-order valence-corrected chi connectivity index (χ4v) is 5.43. The molecule has 2 aromatic heterocycles. The van der Waals surface area contributed by atoms with E-state index in [-0.39, 0.29) is 11.9 Å². The zero-order chi connectivity index (χ0) is 21.0. The van der Waals surface area contributed by atoms with Crippen molar-refractivity contribution in [1.29, 1.82) is 0 Å². The van der Waals surface area contributed by atoms with Crippen LogP contribution >= 0.6 is 0 Å². The molecule has 30 heavy (non-hydrogen) atoms. The van der Waals surface area contributed by atoms with Crippen LogP contribution in [0.1, 0.15) is 47.4 Å².